The Hall–Kier alpha value is -0.730. The maximum atomic E-state index is 11.0. The van der Waals surface area contributed by atoms with Crippen molar-refractivity contribution in [2.45, 2.75) is 65.4 Å². The number of ether oxygens (including phenoxy) is 1. The van der Waals surface area contributed by atoms with Crippen molar-refractivity contribution in [2.24, 2.45) is 11.8 Å². The lowest BCUT2D eigenvalue weighted by Crippen LogP contribution is -2.28. The lowest BCUT2D eigenvalue weighted by atomic mass is 9.83. The first-order chi connectivity index (χ1) is 8.19. The van der Waals surface area contributed by atoms with Crippen molar-refractivity contribution in [3.63, 3.8) is 0 Å². The average Bonchev–Trinajstić information content (AvgIpc) is 2.75. The Balaban J connectivity index is 2.30. The Labute approximate surface area is 105 Å². The Bertz CT molecular complexity index is 230. The number of hydrogen-bond acceptors (Lipinski definition) is 2. The number of nitrogens with one attached hydrogen (secondary N) is 1. The minimum atomic E-state index is -0.248. The number of carbonyl (C=O) groups is 1. The summed E-state index contributed by atoms with van der Waals surface area (Å²) < 4.78 is 5.28. The molecule has 3 atom stereocenters. The SMILES string of the molecule is CCCCCCC(CC)C(C)C1CNC(=O)O1. The van der Waals surface area contributed by atoms with E-state index >= 15 is 0 Å². The Morgan fingerprint density at radius 1 is 1.35 bits per heavy atom. The third kappa shape index (κ3) is 4.57. The molecule has 0 saturated carbocycles. The van der Waals surface area contributed by atoms with Gasteiger partial charge in [-0.2, -0.15) is 0 Å². The maximum absolute atomic E-state index is 11.0. The fourth-order valence-corrected chi connectivity index (χ4v) is 2.67. The van der Waals surface area contributed by atoms with Crippen LogP contribution in [0.3, 0.4) is 0 Å². The molecule has 0 radical (unpaired) electrons. The summed E-state index contributed by atoms with van der Waals surface area (Å²) in [5.41, 5.74) is 0. The fraction of sp³-hybridized carbons (Fsp3) is 0.929. The van der Waals surface area contributed by atoms with Crippen molar-refractivity contribution in [2.75, 3.05) is 6.54 Å². The van der Waals surface area contributed by atoms with Crippen LogP contribution in [-0.4, -0.2) is 18.7 Å². The summed E-state index contributed by atoms with van der Waals surface area (Å²) in [4.78, 5) is 11.0. The van der Waals surface area contributed by atoms with Gasteiger partial charge >= 0.3 is 6.09 Å². The van der Waals surface area contributed by atoms with Gasteiger partial charge in [0, 0.05) is 0 Å². The van der Waals surface area contributed by atoms with E-state index in [0.717, 1.165) is 0 Å². The highest BCUT2D eigenvalue weighted by molar-refractivity contribution is 5.69. The Morgan fingerprint density at radius 3 is 2.65 bits per heavy atom. The van der Waals surface area contributed by atoms with Crippen LogP contribution in [0.1, 0.15) is 59.3 Å². The van der Waals surface area contributed by atoms with Gasteiger partial charge in [0.1, 0.15) is 6.10 Å². The van der Waals surface area contributed by atoms with Gasteiger partial charge in [-0.3, -0.25) is 0 Å². The third-order valence-corrected chi connectivity index (χ3v) is 3.99. The summed E-state index contributed by atoms with van der Waals surface area (Å²) in [6, 6.07) is 0. The van der Waals surface area contributed by atoms with Crippen molar-refractivity contribution in [1.82, 2.24) is 5.32 Å². The van der Waals surface area contributed by atoms with Crippen LogP contribution in [0.4, 0.5) is 4.79 Å². The number of hydrogen-bond donors (Lipinski definition) is 1. The number of alkyl carbamates (subject to hydrolysis) is 1. The molecule has 1 fully saturated rings. The standard InChI is InChI=1S/C14H27NO2/c1-4-6-7-8-9-12(5-2)11(3)13-10-15-14(16)17-13/h11-13H,4-10H2,1-3H3,(H,15,16). The third-order valence-electron chi connectivity index (χ3n) is 3.99. The summed E-state index contributed by atoms with van der Waals surface area (Å²) in [6.45, 7) is 7.39. The molecule has 0 bridgehead atoms. The van der Waals surface area contributed by atoms with E-state index in [0.29, 0.717) is 18.4 Å². The minimum Gasteiger partial charge on any atom is -0.444 e. The summed E-state index contributed by atoms with van der Waals surface area (Å²) >= 11 is 0. The average molecular weight is 241 g/mol. The molecular weight excluding hydrogens is 214 g/mol. The van der Waals surface area contributed by atoms with Crippen molar-refractivity contribution < 1.29 is 9.53 Å². The molecule has 3 unspecified atom stereocenters. The molecule has 0 aromatic heterocycles. The zero-order chi connectivity index (χ0) is 12.7. The van der Waals surface area contributed by atoms with E-state index in [-0.39, 0.29) is 12.2 Å². The Kier molecular flexibility index (Phi) is 6.38. The molecule has 1 aliphatic rings. The molecule has 1 saturated heterocycles. The first-order valence-corrected chi connectivity index (χ1v) is 7.13. The lowest BCUT2D eigenvalue weighted by molar-refractivity contribution is 0.0827. The Morgan fingerprint density at radius 2 is 2.12 bits per heavy atom. The van der Waals surface area contributed by atoms with E-state index in [1.54, 1.807) is 0 Å². The highest BCUT2D eigenvalue weighted by Gasteiger charge is 2.31. The summed E-state index contributed by atoms with van der Waals surface area (Å²) in [5, 5.41) is 2.74. The largest absolute Gasteiger partial charge is 0.444 e. The second kappa shape index (κ2) is 7.57. The summed E-state index contributed by atoms with van der Waals surface area (Å²) in [6.07, 6.45) is 7.56. The van der Waals surface area contributed by atoms with E-state index < -0.39 is 0 Å². The minimum absolute atomic E-state index is 0.0821. The molecule has 1 N–H and O–H groups in total. The van der Waals surface area contributed by atoms with Gasteiger partial charge < -0.3 is 10.1 Å². The molecule has 1 heterocycles. The van der Waals surface area contributed by atoms with Crippen LogP contribution >= 0.6 is 0 Å². The quantitative estimate of drug-likeness (QED) is 0.658. The van der Waals surface area contributed by atoms with Crippen LogP contribution in [0, 0.1) is 11.8 Å². The summed E-state index contributed by atoms with van der Waals surface area (Å²) in [7, 11) is 0. The van der Waals surface area contributed by atoms with E-state index in [9.17, 15) is 4.79 Å². The molecule has 3 heteroatoms. The molecule has 100 valence electrons. The zero-order valence-electron chi connectivity index (χ0n) is 11.5. The fourth-order valence-electron chi connectivity index (χ4n) is 2.67. The predicted octanol–water partition coefficient (Wildman–Crippen LogP) is 3.73. The van der Waals surface area contributed by atoms with Gasteiger partial charge in [0.25, 0.3) is 0 Å². The van der Waals surface area contributed by atoms with Gasteiger partial charge in [-0.25, -0.2) is 4.79 Å². The number of amides is 1. The molecule has 1 rings (SSSR count). The smallest absolute Gasteiger partial charge is 0.407 e. The normalized spacial score (nSPS) is 23.0. The number of cyclic esters (lactones) is 1. The molecule has 0 aromatic carbocycles. The maximum Gasteiger partial charge on any atom is 0.407 e. The first kappa shape index (κ1) is 14.3. The van der Waals surface area contributed by atoms with E-state index in [4.69, 9.17) is 4.74 Å². The van der Waals surface area contributed by atoms with E-state index in [1.807, 2.05) is 0 Å². The van der Waals surface area contributed by atoms with Crippen molar-refractivity contribution in [3.8, 4) is 0 Å². The second-order valence-electron chi connectivity index (χ2n) is 5.20. The molecule has 17 heavy (non-hydrogen) atoms. The van der Waals surface area contributed by atoms with Gasteiger partial charge in [-0.15, -0.1) is 0 Å². The van der Waals surface area contributed by atoms with Crippen LogP contribution in [0.15, 0.2) is 0 Å². The highest BCUT2D eigenvalue weighted by Crippen LogP contribution is 2.27. The van der Waals surface area contributed by atoms with Crippen LogP contribution in [0.5, 0.6) is 0 Å². The van der Waals surface area contributed by atoms with Crippen molar-refractivity contribution >= 4 is 6.09 Å². The van der Waals surface area contributed by atoms with Gasteiger partial charge in [0.05, 0.1) is 6.54 Å². The van der Waals surface area contributed by atoms with Crippen LogP contribution in [0.25, 0.3) is 0 Å². The van der Waals surface area contributed by atoms with E-state index in [2.05, 4.69) is 26.1 Å². The van der Waals surface area contributed by atoms with Crippen LogP contribution in [-0.2, 0) is 4.74 Å². The monoisotopic (exact) mass is 241 g/mol. The number of unbranched alkanes of at least 4 members (excludes halogenated alkanes) is 3. The van der Waals surface area contributed by atoms with Crippen molar-refractivity contribution in [1.29, 1.82) is 0 Å². The molecule has 0 aromatic rings. The van der Waals surface area contributed by atoms with Crippen LogP contribution < -0.4 is 5.32 Å². The molecule has 0 aliphatic carbocycles. The molecule has 1 amide bonds. The van der Waals surface area contributed by atoms with Gasteiger partial charge in [0.2, 0.25) is 0 Å². The van der Waals surface area contributed by atoms with Gasteiger partial charge in [-0.05, 0) is 11.8 Å². The second-order valence-corrected chi connectivity index (χ2v) is 5.20. The van der Waals surface area contributed by atoms with E-state index in [1.165, 1.54) is 38.5 Å². The molecule has 0 spiro atoms. The topological polar surface area (TPSA) is 38.3 Å². The van der Waals surface area contributed by atoms with Crippen LogP contribution in [0.2, 0.25) is 0 Å². The number of rotatable bonds is 8. The van der Waals surface area contributed by atoms with Crippen molar-refractivity contribution in [3.05, 3.63) is 0 Å². The predicted molar refractivity (Wildman–Crippen MR) is 70.0 cm³/mol. The molecule has 3 nitrogen and oxygen atoms in total. The first-order valence-electron chi connectivity index (χ1n) is 7.13. The summed E-state index contributed by atoms with van der Waals surface area (Å²) in [5.74, 6) is 1.16. The highest BCUT2D eigenvalue weighted by atomic mass is 16.6. The van der Waals surface area contributed by atoms with Gasteiger partial charge in [-0.1, -0.05) is 59.3 Å². The zero-order valence-corrected chi connectivity index (χ0v) is 11.5. The molecule has 1 aliphatic heterocycles. The number of carbonyl (C=O) groups excluding carboxylic acids is 1. The molecular formula is C14H27NO2. The lowest BCUT2D eigenvalue weighted by Gasteiger charge is -2.26. The van der Waals surface area contributed by atoms with Gasteiger partial charge in [0.15, 0.2) is 0 Å².